The Bertz CT molecular complexity index is 686. The molecule has 2 atom stereocenters. The van der Waals surface area contributed by atoms with E-state index in [1.54, 1.807) is 21.9 Å². The summed E-state index contributed by atoms with van der Waals surface area (Å²) in [6.45, 7) is 11.9. The molecule has 7 heteroatoms. The van der Waals surface area contributed by atoms with E-state index in [2.05, 4.69) is 26.1 Å². The molecule has 2 aliphatic heterocycles. The summed E-state index contributed by atoms with van der Waals surface area (Å²) in [5.41, 5.74) is 0.0615. The summed E-state index contributed by atoms with van der Waals surface area (Å²) in [6, 6.07) is 3.44. The van der Waals surface area contributed by atoms with Gasteiger partial charge in [0.1, 0.15) is 5.76 Å². The van der Waals surface area contributed by atoms with E-state index in [0.29, 0.717) is 44.4 Å². The predicted molar refractivity (Wildman–Crippen MR) is 106 cm³/mol. The number of carbonyl (C=O) groups is 2. The molecule has 0 saturated carbocycles. The maximum atomic E-state index is 12.6. The lowest BCUT2D eigenvalue weighted by molar-refractivity contribution is -0.0839. The largest absolute Gasteiger partial charge is 0.456 e. The molecule has 1 aromatic heterocycles. The maximum absolute atomic E-state index is 12.6. The minimum Gasteiger partial charge on any atom is -0.456 e. The van der Waals surface area contributed by atoms with Crippen LogP contribution in [-0.4, -0.2) is 67.2 Å². The van der Waals surface area contributed by atoms with Crippen molar-refractivity contribution in [1.82, 2.24) is 15.1 Å². The molecule has 7 nitrogen and oxygen atoms in total. The van der Waals surface area contributed by atoms with E-state index in [9.17, 15) is 9.59 Å². The average Bonchev–Trinajstić information content (AvgIpc) is 3.11. The molecule has 3 heterocycles. The van der Waals surface area contributed by atoms with Crippen LogP contribution in [0.25, 0.3) is 0 Å². The highest BCUT2D eigenvalue weighted by Gasteiger charge is 2.36. The number of aryl methyl sites for hydroxylation is 1. The molecule has 28 heavy (non-hydrogen) atoms. The number of nitrogens with zero attached hydrogens (tertiary/aromatic N) is 2. The van der Waals surface area contributed by atoms with E-state index in [0.717, 1.165) is 25.2 Å². The van der Waals surface area contributed by atoms with Crippen LogP contribution in [0.3, 0.4) is 0 Å². The standard InChI is InChI=1S/C21H33N3O4/c1-15-7-8-17(28-15)19(25)23-9-11-24(12-10-23)20(26)22-14-16-6-5-13-27-18(16)21(2,3)4/h7-8,16,18H,5-6,9-14H2,1-4H3,(H,22,26). The van der Waals surface area contributed by atoms with E-state index in [1.807, 2.05) is 6.92 Å². The number of hydrogen-bond acceptors (Lipinski definition) is 4. The molecule has 1 aromatic rings. The fourth-order valence-corrected chi connectivity index (χ4v) is 4.16. The first-order chi connectivity index (χ1) is 13.3. The molecular formula is C21H33N3O4. The summed E-state index contributed by atoms with van der Waals surface area (Å²) >= 11 is 0. The molecule has 2 aliphatic rings. The molecule has 2 saturated heterocycles. The van der Waals surface area contributed by atoms with Gasteiger partial charge in [-0.2, -0.15) is 0 Å². The van der Waals surface area contributed by atoms with Crippen LogP contribution in [-0.2, 0) is 4.74 Å². The van der Waals surface area contributed by atoms with Gasteiger partial charge in [0.2, 0.25) is 0 Å². The summed E-state index contributed by atoms with van der Waals surface area (Å²) in [5, 5.41) is 3.09. The van der Waals surface area contributed by atoms with Gasteiger partial charge >= 0.3 is 6.03 Å². The molecule has 0 bridgehead atoms. The Labute approximate surface area is 167 Å². The molecular weight excluding hydrogens is 358 g/mol. The second-order valence-corrected chi connectivity index (χ2v) is 8.94. The third-order valence-electron chi connectivity index (χ3n) is 5.62. The van der Waals surface area contributed by atoms with Gasteiger partial charge in [-0.05, 0) is 37.3 Å². The van der Waals surface area contributed by atoms with Gasteiger partial charge in [-0.3, -0.25) is 4.79 Å². The van der Waals surface area contributed by atoms with Gasteiger partial charge in [-0.25, -0.2) is 4.79 Å². The third kappa shape index (κ3) is 4.87. The first-order valence-corrected chi connectivity index (χ1v) is 10.3. The maximum Gasteiger partial charge on any atom is 0.317 e. The molecule has 0 aromatic carbocycles. The van der Waals surface area contributed by atoms with Crippen molar-refractivity contribution in [3.63, 3.8) is 0 Å². The first-order valence-electron chi connectivity index (χ1n) is 10.3. The van der Waals surface area contributed by atoms with Crippen LogP contribution in [0.4, 0.5) is 4.79 Å². The Morgan fingerprint density at radius 2 is 1.82 bits per heavy atom. The molecule has 3 rings (SSSR count). The van der Waals surface area contributed by atoms with E-state index >= 15 is 0 Å². The highest BCUT2D eigenvalue weighted by molar-refractivity contribution is 5.91. The van der Waals surface area contributed by atoms with Crippen LogP contribution in [0, 0.1) is 18.3 Å². The number of ether oxygens (including phenoxy) is 1. The molecule has 2 unspecified atom stereocenters. The SMILES string of the molecule is Cc1ccc(C(=O)N2CCN(C(=O)NCC3CCCOC3C(C)(C)C)CC2)o1. The van der Waals surface area contributed by atoms with Gasteiger partial charge < -0.3 is 24.3 Å². The van der Waals surface area contributed by atoms with Gasteiger partial charge in [0, 0.05) is 45.2 Å². The van der Waals surface area contributed by atoms with Gasteiger partial charge in [-0.1, -0.05) is 20.8 Å². The minimum atomic E-state index is -0.111. The number of nitrogens with one attached hydrogen (secondary N) is 1. The lowest BCUT2D eigenvalue weighted by Gasteiger charge is -2.40. The Kier molecular flexibility index (Phi) is 6.33. The molecule has 2 fully saturated rings. The van der Waals surface area contributed by atoms with Crippen LogP contribution in [0.2, 0.25) is 0 Å². The topological polar surface area (TPSA) is 75.0 Å². The molecule has 0 aliphatic carbocycles. The fraction of sp³-hybridized carbons (Fsp3) is 0.714. The Hall–Kier alpha value is -2.02. The van der Waals surface area contributed by atoms with Crippen LogP contribution >= 0.6 is 0 Å². The fourth-order valence-electron chi connectivity index (χ4n) is 4.16. The van der Waals surface area contributed by atoms with Crippen molar-refractivity contribution in [2.75, 3.05) is 39.3 Å². The quantitative estimate of drug-likeness (QED) is 0.860. The van der Waals surface area contributed by atoms with Gasteiger partial charge in [0.15, 0.2) is 5.76 Å². The summed E-state index contributed by atoms with van der Waals surface area (Å²) < 4.78 is 11.4. The zero-order valence-electron chi connectivity index (χ0n) is 17.5. The number of urea groups is 1. The van der Waals surface area contributed by atoms with Crippen molar-refractivity contribution in [3.8, 4) is 0 Å². The third-order valence-corrected chi connectivity index (χ3v) is 5.62. The minimum absolute atomic E-state index is 0.0563. The Morgan fingerprint density at radius 1 is 1.14 bits per heavy atom. The van der Waals surface area contributed by atoms with Gasteiger partial charge in [-0.15, -0.1) is 0 Å². The number of rotatable bonds is 3. The van der Waals surface area contributed by atoms with Crippen molar-refractivity contribution in [1.29, 1.82) is 0 Å². The van der Waals surface area contributed by atoms with Crippen LogP contribution in [0.15, 0.2) is 16.5 Å². The number of carbonyl (C=O) groups excluding carboxylic acids is 2. The number of hydrogen-bond donors (Lipinski definition) is 1. The summed E-state index contributed by atoms with van der Waals surface area (Å²) in [5.74, 6) is 1.31. The molecule has 1 N–H and O–H groups in total. The Balaban J connectivity index is 1.46. The Morgan fingerprint density at radius 3 is 2.43 bits per heavy atom. The molecule has 156 valence electrons. The van der Waals surface area contributed by atoms with E-state index < -0.39 is 0 Å². The monoisotopic (exact) mass is 391 g/mol. The molecule has 0 spiro atoms. The van der Waals surface area contributed by atoms with Crippen molar-refractivity contribution in [2.45, 2.75) is 46.6 Å². The van der Waals surface area contributed by atoms with Gasteiger partial charge in [0.25, 0.3) is 5.91 Å². The van der Waals surface area contributed by atoms with Gasteiger partial charge in [0.05, 0.1) is 6.10 Å². The average molecular weight is 392 g/mol. The second kappa shape index (κ2) is 8.55. The lowest BCUT2D eigenvalue weighted by atomic mass is 9.78. The van der Waals surface area contributed by atoms with Crippen molar-refractivity contribution >= 4 is 11.9 Å². The van der Waals surface area contributed by atoms with Crippen molar-refractivity contribution < 1.29 is 18.7 Å². The van der Waals surface area contributed by atoms with E-state index in [-0.39, 0.29) is 23.5 Å². The first kappa shape index (κ1) is 20.7. The predicted octanol–water partition coefficient (Wildman–Crippen LogP) is 2.90. The van der Waals surface area contributed by atoms with E-state index in [1.165, 1.54) is 0 Å². The van der Waals surface area contributed by atoms with Crippen LogP contribution in [0.1, 0.15) is 49.9 Å². The number of piperazine rings is 1. The van der Waals surface area contributed by atoms with Crippen molar-refractivity contribution in [3.05, 3.63) is 23.7 Å². The van der Waals surface area contributed by atoms with E-state index in [4.69, 9.17) is 9.15 Å². The normalized spacial score (nSPS) is 23.6. The van der Waals surface area contributed by atoms with Crippen molar-refractivity contribution in [2.24, 2.45) is 11.3 Å². The zero-order valence-corrected chi connectivity index (χ0v) is 17.5. The summed E-state index contributed by atoms with van der Waals surface area (Å²) in [7, 11) is 0. The summed E-state index contributed by atoms with van der Waals surface area (Å²) in [6.07, 6.45) is 2.28. The highest BCUT2D eigenvalue weighted by Crippen LogP contribution is 2.33. The second-order valence-electron chi connectivity index (χ2n) is 8.94. The molecule has 0 radical (unpaired) electrons. The smallest absolute Gasteiger partial charge is 0.317 e. The zero-order chi connectivity index (χ0) is 20.3. The number of furan rings is 1. The highest BCUT2D eigenvalue weighted by atomic mass is 16.5. The summed E-state index contributed by atoms with van der Waals surface area (Å²) in [4.78, 5) is 28.6. The lowest BCUT2D eigenvalue weighted by Crippen LogP contribution is -2.54. The van der Waals surface area contributed by atoms with Crippen LogP contribution in [0.5, 0.6) is 0 Å². The van der Waals surface area contributed by atoms with Crippen LogP contribution < -0.4 is 5.32 Å². The molecule has 3 amide bonds. The number of amides is 3.